The van der Waals surface area contributed by atoms with Crippen molar-refractivity contribution >= 4 is 5.97 Å². The SMILES string of the molecule is CCOC(=O)C(C)(CN(C)C1CCCCC1)NC(C)C. The molecule has 0 amide bonds. The second-order valence-electron chi connectivity index (χ2n) is 6.56. The molecule has 1 N–H and O–H groups in total. The van der Waals surface area contributed by atoms with E-state index in [0.717, 1.165) is 0 Å². The molecule has 0 aromatic carbocycles. The summed E-state index contributed by atoms with van der Waals surface area (Å²) in [7, 11) is 2.13. The van der Waals surface area contributed by atoms with Crippen LogP contribution in [0.15, 0.2) is 0 Å². The van der Waals surface area contributed by atoms with E-state index in [0.29, 0.717) is 19.2 Å². The topological polar surface area (TPSA) is 41.6 Å². The van der Waals surface area contributed by atoms with Gasteiger partial charge in [0.2, 0.25) is 0 Å². The molecular formula is C16H32N2O2. The van der Waals surface area contributed by atoms with Gasteiger partial charge in [-0.15, -0.1) is 0 Å². The molecular weight excluding hydrogens is 252 g/mol. The van der Waals surface area contributed by atoms with Crippen LogP contribution in [-0.4, -0.2) is 48.7 Å². The molecule has 1 rings (SSSR count). The summed E-state index contributed by atoms with van der Waals surface area (Å²) in [6.07, 6.45) is 6.46. The van der Waals surface area contributed by atoms with Crippen molar-refractivity contribution < 1.29 is 9.53 Å². The number of likely N-dealkylation sites (N-methyl/N-ethyl adjacent to an activating group) is 1. The Balaban J connectivity index is 2.69. The fraction of sp³-hybridized carbons (Fsp3) is 0.938. The van der Waals surface area contributed by atoms with Crippen molar-refractivity contribution in [2.24, 2.45) is 0 Å². The Morgan fingerprint density at radius 3 is 2.45 bits per heavy atom. The van der Waals surface area contributed by atoms with E-state index in [-0.39, 0.29) is 12.0 Å². The van der Waals surface area contributed by atoms with E-state index < -0.39 is 5.54 Å². The molecule has 0 saturated heterocycles. The number of carbonyl (C=O) groups excluding carboxylic acids is 1. The van der Waals surface area contributed by atoms with Gasteiger partial charge in [-0.25, -0.2) is 0 Å². The third-order valence-electron chi connectivity index (χ3n) is 4.10. The minimum absolute atomic E-state index is 0.142. The van der Waals surface area contributed by atoms with Crippen molar-refractivity contribution in [2.45, 2.75) is 77.4 Å². The highest BCUT2D eigenvalue weighted by Gasteiger charge is 2.37. The van der Waals surface area contributed by atoms with Crippen LogP contribution >= 0.6 is 0 Å². The number of rotatable bonds is 7. The molecule has 118 valence electrons. The number of hydrogen-bond donors (Lipinski definition) is 1. The maximum atomic E-state index is 12.3. The third kappa shape index (κ3) is 5.06. The second kappa shape index (κ2) is 7.99. The lowest BCUT2D eigenvalue weighted by Crippen LogP contribution is -2.60. The molecule has 4 heteroatoms. The first-order valence-corrected chi connectivity index (χ1v) is 8.04. The number of ether oxygens (including phenoxy) is 1. The fourth-order valence-corrected chi connectivity index (χ4v) is 3.25. The van der Waals surface area contributed by atoms with E-state index in [1.54, 1.807) is 0 Å². The number of hydrogen-bond acceptors (Lipinski definition) is 4. The van der Waals surface area contributed by atoms with Gasteiger partial charge in [0.05, 0.1) is 6.61 Å². The van der Waals surface area contributed by atoms with Crippen molar-refractivity contribution in [3.05, 3.63) is 0 Å². The molecule has 20 heavy (non-hydrogen) atoms. The second-order valence-corrected chi connectivity index (χ2v) is 6.56. The van der Waals surface area contributed by atoms with E-state index in [2.05, 4.69) is 31.1 Å². The molecule has 1 aliphatic rings. The monoisotopic (exact) mass is 284 g/mol. The molecule has 0 aliphatic heterocycles. The van der Waals surface area contributed by atoms with Crippen molar-refractivity contribution in [3.63, 3.8) is 0 Å². The Bertz CT molecular complexity index is 301. The standard InChI is InChI=1S/C16H32N2O2/c1-6-20-15(19)16(4,17-13(2)3)12-18(5)14-10-8-7-9-11-14/h13-14,17H,6-12H2,1-5H3. The van der Waals surface area contributed by atoms with E-state index in [1.165, 1.54) is 32.1 Å². The minimum Gasteiger partial charge on any atom is -0.465 e. The molecule has 0 bridgehead atoms. The zero-order valence-corrected chi connectivity index (χ0v) is 13.9. The first-order chi connectivity index (χ1) is 9.39. The Hall–Kier alpha value is -0.610. The molecule has 1 aliphatic carbocycles. The van der Waals surface area contributed by atoms with Crippen molar-refractivity contribution in [1.29, 1.82) is 0 Å². The quantitative estimate of drug-likeness (QED) is 0.730. The molecule has 0 heterocycles. The number of carbonyl (C=O) groups is 1. The van der Waals surface area contributed by atoms with Gasteiger partial charge in [0.15, 0.2) is 0 Å². The van der Waals surface area contributed by atoms with Crippen molar-refractivity contribution in [1.82, 2.24) is 10.2 Å². The minimum atomic E-state index is -0.629. The van der Waals surface area contributed by atoms with Gasteiger partial charge in [-0.2, -0.15) is 0 Å². The Kier molecular flexibility index (Phi) is 6.96. The van der Waals surface area contributed by atoms with Gasteiger partial charge in [0, 0.05) is 18.6 Å². The lowest BCUT2D eigenvalue weighted by molar-refractivity contribution is -0.151. The van der Waals surface area contributed by atoms with E-state index in [1.807, 2.05) is 13.8 Å². The van der Waals surface area contributed by atoms with Crippen LogP contribution in [0.25, 0.3) is 0 Å². The maximum Gasteiger partial charge on any atom is 0.327 e. The predicted octanol–water partition coefficient (Wildman–Crippen LogP) is 2.57. The lowest BCUT2D eigenvalue weighted by atomic mass is 9.92. The van der Waals surface area contributed by atoms with Gasteiger partial charge in [0.1, 0.15) is 5.54 Å². The van der Waals surface area contributed by atoms with Crippen LogP contribution in [0.4, 0.5) is 0 Å². The summed E-state index contributed by atoms with van der Waals surface area (Å²) >= 11 is 0. The highest BCUT2D eigenvalue weighted by molar-refractivity contribution is 5.80. The zero-order valence-electron chi connectivity index (χ0n) is 13.9. The van der Waals surface area contributed by atoms with Gasteiger partial charge in [-0.1, -0.05) is 19.3 Å². The molecule has 0 radical (unpaired) electrons. The average molecular weight is 284 g/mol. The van der Waals surface area contributed by atoms with Crippen LogP contribution in [0.1, 0.15) is 59.8 Å². The molecule has 0 spiro atoms. The van der Waals surface area contributed by atoms with Gasteiger partial charge in [-0.3, -0.25) is 10.1 Å². The summed E-state index contributed by atoms with van der Waals surface area (Å²) in [6, 6.07) is 0.857. The molecule has 1 unspecified atom stereocenters. The van der Waals surface area contributed by atoms with E-state index in [4.69, 9.17) is 4.74 Å². The first-order valence-electron chi connectivity index (χ1n) is 8.04. The molecule has 0 aromatic heterocycles. The fourth-order valence-electron chi connectivity index (χ4n) is 3.25. The summed E-state index contributed by atoms with van der Waals surface area (Å²) in [6.45, 7) is 9.09. The first kappa shape index (κ1) is 17.4. The van der Waals surface area contributed by atoms with Crippen LogP contribution in [0.2, 0.25) is 0 Å². The highest BCUT2D eigenvalue weighted by Crippen LogP contribution is 2.23. The highest BCUT2D eigenvalue weighted by atomic mass is 16.5. The van der Waals surface area contributed by atoms with Gasteiger partial charge >= 0.3 is 5.97 Å². The number of esters is 1. The molecule has 1 atom stereocenters. The summed E-state index contributed by atoms with van der Waals surface area (Å²) in [5.74, 6) is -0.142. The van der Waals surface area contributed by atoms with Crippen molar-refractivity contribution in [2.75, 3.05) is 20.2 Å². The summed E-state index contributed by atoms with van der Waals surface area (Å²) in [5.41, 5.74) is -0.629. The van der Waals surface area contributed by atoms with Crippen molar-refractivity contribution in [3.8, 4) is 0 Å². The van der Waals surface area contributed by atoms with Crippen LogP contribution in [0.3, 0.4) is 0 Å². The van der Waals surface area contributed by atoms with Crippen LogP contribution in [0, 0.1) is 0 Å². The number of nitrogens with one attached hydrogen (secondary N) is 1. The lowest BCUT2D eigenvalue weighted by Gasteiger charge is -2.38. The Morgan fingerprint density at radius 1 is 1.35 bits per heavy atom. The van der Waals surface area contributed by atoms with E-state index in [9.17, 15) is 4.79 Å². The summed E-state index contributed by atoms with van der Waals surface area (Å²) in [4.78, 5) is 14.6. The molecule has 4 nitrogen and oxygen atoms in total. The van der Waals surface area contributed by atoms with Crippen LogP contribution in [0.5, 0.6) is 0 Å². The smallest absolute Gasteiger partial charge is 0.327 e. The maximum absolute atomic E-state index is 12.3. The average Bonchev–Trinajstić information content (AvgIpc) is 2.39. The predicted molar refractivity (Wildman–Crippen MR) is 82.8 cm³/mol. The van der Waals surface area contributed by atoms with Gasteiger partial charge in [-0.05, 0) is 47.6 Å². The normalized spacial score (nSPS) is 20.1. The van der Waals surface area contributed by atoms with Crippen LogP contribution < -0.4 is 5.32 Å². The molecule has 1 saturated carbocycles. The summed E-state index contributed by atoms with van der Waals surface area (Å²) < 4.78 is 5.27. The van der Waals surface area contributed by atoms with Gasteiger partial charge < -0.3 is 9.64 Å². The zero-order chi connectivity index (χ0) is 15.2. The van der Waals surface area contributed by atoms with E-state index >= 15 is 0 Å². The largest absolute Gasteiger partial charge is 0.465 e. The molecule has 1 fully saturated rings. The summed E-state index contributed by atoms with van der Waals surface area (Å²) in [5, 5.41) is 3.39. The van der Waals surface area contributed by atoms with Gasteiger partial charge in [0.25, 0.3) is 0 Å². The molecule has 0 aromatic rings. The number of nitrogens with zero attached hydrogens (tertiary/aromatic N) is 1. The van der Waals surface area contributed by atoms with Crippen LogP contribution in [-0.2, 0) is 9.53 Å². The third-order valence-corrected chi connectivity index (χ3v) is 4.10. The Labute approximate surface area is 124 Å². The Morgan fingerprint density at radius 2 is 1.95 bits per heavy atom.